The van der Waals surface area contributed by atoms with Crippen molar-refractivity contribution in [1.82, 2.24) is 5.32 Å². The third-order valence-electron chi connectivity index (χ3n) is 2.97. The van der Waals surface area contributed by atoms with Crippen LogP contribution in [-0.4, -0.2) is 22.5 Å². The maximum atomic E-state index is 12.1. The van der Waals surface area contributed by atoms with Gasteiger partial charge in [0.05, 0.1) is 4.88 Å². The second-order valence-electron chi connectivity index (χ2n) is 4.60. The predicted octanol–water partition coefficient (Wildman–Crippen LogP) is 3.34. The number of rotatable bonds is 5. The summed E-state index contributed by atoms with van der Waals surface area (Å²) in [5.41, 5.74) is -1.21. The lowest BCUT2D eigenvalue weighted by Crippen LogP contribution is -2.51. The summed E-state index contributed by atoms with van der Waals surface area (Å²) in [7, 11) is 0. The van der Waals surface area contributed by atoms with Gasteiger partial charge in [-0.1, -0.05) is 13.3 Å². The SMILES string of the molecule is CCCC(C)(NC(=O)c1cc2sccc2s1)C(=O)O. The molecule has 1 atom stereocenters. The van der Waals surface area contributed by atoms with Crippen molar-refractivity contribution in [3.63, 3.8) is 0 Å². The maximum absolute atomic E-state index is 12.1. The lowest BCUT2D eigenvalue weighted by atomic mass is 9.96. The minimum Gasteiger partial charge on any atom is -0.480 e. The van der Waals surface area contributed by atoms with Crippen molar-refractivity contribution in [2.24, 2.45) is 0 Å². The topological polar surface area (TPSA) is 66.4 Å². The van der Waals surface area contributed by atoms with Gasteiger partial charge < -0.3 is 10.4 Å². The number of hydrogen-bond donors (Lipinski definition) is 2. The van der Waals surface area contributed by atoms with E-state index in [-0.39, 0.29) is 5.91 Å². The van der Waals surface area contributed by atoms with Gasteiger partial charge in [-0.2, -0.15) is 0 Å². The van der Waals surface area contributed by atoms with E-state index >= 15 is 0 Å². The van der Waals surface area contributed by atoms with Crippen LogP contribution in [0.1, 0.15) is 36.4 Å². The van der Waals surface area contributed by atoms with Crippen LogP contribution >= 0.6 is 22.7 Å². The minimum atomic E-state index is -1.21. The van der Waals surface area contributed by atoms with E-state index in [4.69, 9.17) is 0 Å². The maximum Gasteiger partial charge on any atom is 0.329 e. The third kappa shape index (κ3) is 2.79. The highest BCUT2D eigenvalue weighted by atomic mass is 32.1. The molecule has 0 aliphatic carbocycles. The fraction of sp³-hybridized carbons (Fsp3) is 0.385. The molecule has 0 spiro atoms. The van der Waals surface area contributed by atoms with Crippen LogP contribution < -0.4 is 5.32 Å². The van der Waals surface area contributed by atoms with Gasteiger partial charge in [-0.3, -0.25) is 4.79 Å². The van der Waals surface area contributed by atoms with E-state index in [9.17, 15) is 14.7 Å². The van der Waals surface area contributed by atoms with E-state index in [2.05, 4.69) is 5.32 Å². The second-order valence-corrected chi connectivity index (χ2v) is 6.63. The number of carbonyl (C=O) groups is 2. The number of amides is 1. The highest BCUT2D eigenvalue weighted by Crippen LogP contribution is 2.30. The Morgan fingerprint density at radius 2 is 2.16 bits per heavy atom. The van der Waals surface area contributed by atoms with E-state index in [1.54, 1.807) is 18.3 Å². The van der Waals surface area contributed by atoms with E-state index in [0.717, 1.165) is 9.40 Å². The van der Waals surface area contributed by atoms with Crippen molar-refractivity contribution in [2.45, 2.75) is 32.2 Å². The van der Waals surface area contributed by atoms with Crippen LogP contribution in [0.2, 0.25) is 0 Å². The van der Waals surface area contributed by atoms with Crippen molar-refractivity contribution in [2.75, 3.05) is 0 Å². The van der Waals surface area contributed by atoms with Crippen molar-refractivity contribution in [3.05, 3.63) is 22.4 Å². The van der Waals surface area contributed by atoms with Gasteiger partial charge >= 0.3 is 5.97 Å². The van der Waals surface area contributed by atoms with Gasteiger partial charge in [0.15, 0.2) is 0 Å². The average Bonchev–Trinajstić information content (AvgIpc) is 2.88. The smallest absolute Gasteiger partial charge is 0.329 e. The normalized spacial score (nSPS) is 14.2. The molecule has 1 unspecified atom stereocenters. The zero-order chi connectivity index (χ0) is 14.0. The molecule has 6 heteroatoms. The largest absolute Gasteiger partial charge is 0.480 e. The first-order valence-electron chi connectivity index (χ1n) is 5.99. The van der Waals surface area contributed by atoms with Crippen molar-refractivity contribution >= 4 is 43.9 Å². The molecule has 2 heterocycles. The number of hydrogen-bond acceptors (Lipinski definition) is 4. The van der Waals surface area contributed by atoms with E-state index in [1.165, 1.54) is 11.3 Å². The highest BCUT2D eigenvalue weighted by Gasteiger charge is 2.34. The number of nitrogens with one attached hydrogen (secondary N) is 1. The van der Waals surface area contributed by atoms with Crippen LogP contribution in [0.4, 0.5) is 0 Å². The molecule has 19 heavy (non-hydrogen) atoms. The number of aliphatic carboxylic acids is 1. The number of thiophene rings is 2. The molecule has 0 aliphatic rings. The van der Waals surface area contributed by atoms with Gasteiger partial charge in [0.25, 0.3) is 5.91 Å². The molecular weight excluding hydrogens is 282 g/mol. The molecule has 0 fully saturated rings. The Morgan fingerprint density at radius 1 is 1.42 bits per heavy atom. The number of carboxylic acids is 1. The molecule has 2 aromatic heterocycles. The summed E-state index contributed by atoms with van der Waals surface area (Å²) in [6, 6.07) is 3.78. The summed E-state index contributed by atoms with van der Waals surface area (Å²) < 4.78 is 2.12. The van der Waals surface area contributed by atoms with Gasteiger partial charge in [-0.25, -0.2) is 4.79 Å². The highest BCUT2D eigenvalue weighted by molar-refractivity contribution is 7.27. The summed E-state index contributed by atoms with van der Waals surface area (Å²) in [4.78, 5) is 24.0. The molecule has 0 aliphatic heterocycles. The van der Waals surface area contributed by atoms with Gasteiger partial charge in [-0.05, 0) is 30.9 Å². The first kappa shape index (κ1) is 14.0. The van der Waals surface area contributed by atoms with Gasteiger partial charge in [0, 0.05) is 9.40 Å². The number of carboxylic acid groups (broad SMARTS) is 1. The Hall–Kier alpha value is -1.40. The molecule has 1 amide bonds. The van der Waals surface area contributed by atoms with Crippen LogP contribution in [0.25, 0.3) is 9.40 Å². The Bertz CT molecular complexity index is 588. The average molecular weight is 297 g/mol. The number of fused-ring (bicyclic) bond motifs is 1. The first-order valence-corrected chi connectivity index (χ1v) is 7.69. The molecule has 0 bridgehead atoms. The van der Waals surface area contributed by atoms with Crippen LogP contribution in [0.5, 0.6) is 0 Å². The monoisotopic (exact) mass is 297 g/mol. The Balaban J connectivity index is 2.19. The fourth-order valence-electron chi connectivity index (χ4n) is 1.91. The fourth-order valence-corrected chi connectivity index (χ4v) is 3.92. The Kier molecular flexibility index (Phi) is 3.91. The molecule has 2 rings (SSSR count). The van der Waals surface area contributed by atoms with Crippen LogP contribution in [-0.2, 0) is 4.79 Å². The van der Waals surface area contributed by atoms with Crippen LogP contribution in [0, 0.1) is 0 Å². The molecule has 2 aromatic rings. The molecule has 0 saturated heterocycles. The first-order chi connectivity index (χ1) is 8.96. The van der Waals surface area contributed by atoms with Crippen molar-refractivity contribution < 1.29 is 14.7 Å². The van der Waals surface area contributed by atoms with Gasteiger partial charge in [0.2, 0.25) is 0 Å². The lowest BCUT2D eigenvalue weighted by molar-refractivity contribution is -0.144. The third-order valence-corrected chi connectivity index (χ3v) is 5.07. The van der Waals surface area contributed by atoms with Gasteiger partial charge in [-0.15, -0.1) is 22.7 Å². The quantitative estimate of drug-likeness (QED) is 0.889. The molecule has 102 valence electrons. The summed E-state index contributed by atoms with van der Waals surface area (Å²) in [6.07, 6.45) is 1.11. The molecule has 4 nitrogen and oxygen atoms in total. The molecular formula is C13H15NO3S2. The van der Waals surface area contributed by atoms with E-state index < -0.39 is 11.5 Å². The lowest BCUT2D eigenvalue weighted by Gasteiger charge is -2.25. The van der Waals surface area contributed by atoms with Crippen LogP contribution in [0.3, 0.4) is 0 Å². The molecule has 0 saturated carbocycles. The zero-order valence-electron chi connectivity index (χ0n) is 10.7. The Labute approximate surface area is 119 Å². The van der Waals surface area contributed by atoms with Crippen LogP contribution in [0.15, 0.2) is 17.5 Å². The summed E-state index contributed by atoms with van der Waals surface area (Å²) in [6.45, 7) is 3.45. The molecule has 0 radical (unpaired) electrons. The number of carbonyl (C=O) groups excluding carboxylic acids is 1. The zero-order valence-corrected chi connectivity index (χ0v) is 12.4. The van der Waals surface area contributed by atoms with Crippen molar-refractivity contribution in [1.29, 1.82) is 0 Å². The molecule has 2 N–H and O–H groups in total. The minimum absolute atomic E-state index is 0.313. The Morgan fingerprint density at radius 3 is 2.74 bits per heavy atom. The van der Waals surface area contributed by atoms with E-state index in [0.29, 0.717) is 17.7 Å². The van der Waals surface area contributed by atoms with E-state index in [1.807, 2.05) is 24.4 Å². The van der Waals surface area contributed by atoms with Gasteiger partial charge in [0.1, 0.15) is 5.54 Å². The summed E-state index contributed by atoms with van der Waals surface area (Å²) >= 11 is 2.96. The second kappa shape index (κ2) is 5.30. The summed E-state index contributed by atoms with van der Waals surface area (Å²) in [5, 5.41) is 13.9. The summed E-state index contributed by atoms with van der Waals surface area (Å²) in [5.74, 6) is -1.31. The van der Waals surface area contributed by atoms with Crippen molar-refractivity contribution in [3.8, 4) is 0 Å². The molecule has 0 aromatic carbocycles. The predicted molar refractivity (Wildman–Crippen MR) is 78.1 cm³/mol. The standard InChI is InChI=1S/C13H15NO3S2/c1-3-5-13(2,12(16)17)14-11(15)10-7-9-8(19-10)4-6-18-9/h4,6-7H,3,5H2,1-2H3,(H,14,15)(H,16,17).